The Hall–Kier alpha value is -5.37. The minimum absolute atomic E-state index is 0.00546. The van der Waals surface area contributed by atoms with E-state index in [0.29, 0.717) is 22.5 Å². The minimum Gasteiger partial charge on any atom is -0.453 e. The Bertz CT molecular complexity index is 2080. The smallest absolute Gasteiger partial charge is 0.407 e. The number of hydrogen-bond donors (Lipinski definition) is 4. The van der Waals surface area contributed by atoms with Crippen molar-refractivity contribution in [3.8, 4) is 33.6 Å². The molecule has 4 aromatic rings. The molecular formula is C41H49ClN8O6. The third kappa shape index (κ3) is 7.46. The van der Waals surface area contributed by atoms with Crippen LogP contribution in [0.2, 0.25) is 5.15 Å². The molecule has 296 valence electrons. The largest absolute Gasteiger partial charge is 0.453 e. The Labute approximate surface area is 331 Å². The van der Waals surface area contributed by atoms with Gasteiger partial charge < -0.3 is 39.9 Å². The fourth-order valence-electron chi connectivity index (χ4n) is 8.59. The molecule has 0 aliphatic carbocycles. The summed E-state index contributed by atoms with van der Waals surface area (Å²) in [5, 5.41) is 5.83. The third-order valence-electron chi connectivity index (χ3n) is 11.6. The van der Waals surface area contributed by atoms with Crippen molar-refractivity contribution < 1.29 is 28.7 Å². The molecule has 0 radical (unpaired) electrons. The van der Waals surface area contributed by atoms with Crippen molar-refractivity contribution >= 4 is 35.6 Å². The molecule has 7 rings (SSSR count). The van der Waals surface area contributed by atoms with Gasteiger partial charge in [0, 0.05) is 17.6 Å². The molecule has 0 spiro atoms. The number of alkyl carbamates (subject to hydrolysis) is 2. The first-order valence-electron chi connectivity index (χ1n) is 19.2. The Balaban J connectivity index is 1.03. The molecule has 0 bridgehead atoms. The lowest BCUT2D eigenvalue weighted by molar-refractivity contribution is -0.142. The van der Waals surface area contributed by atoms with Gasteiger partial charge >= 0.3 is 12.2 Å². The molecule has 3 aliphatic heterocycles. The van der Waals surface area contributed by atoms with E-state index in [4.69, 9.17) is 31.0 Å². The number of methoxy groups -OCH3 is 2. The van der Waals surface area contributed by atoms with Crippen LogP contribution in [-0.2, 0) is 19.1 Å². The SMILES string of the molecule is COC(=O)NC(C(=O)N1C(C)CCC1c1ncc(-c2ccc(-c3ccc(-c4nc(C5CCC6CC(C)C(NC(=O)OC)C(=O)N65)[nH]c4Cl)cc3)cc2)[nH]1)C(C)C. The molecule has 0 saturated carbocycles. The van der Waals surface area contributed by atoms with E-state index < -0.39 is 24.3 Å². The first kappa shape index (κ1) is 38.9. The molecule has 4 amide bonds. The third-order valence-corrected chi connectivity index (χ3v) is 11.9. The lowest BCUT2D eigenvalue weighted by Gasteiger charge is -2.41. The molecule has 2 aromatic heterocycles. The number of H-pyrrole nitrogens is 2. The lowest BCUT2D eigenvalue weighted by Crippen LogP contribution is -2.58. The number of piperidine rings is 1. The average molecular weight is 785 g/mol. The number of amides is 4. The van der Waals surface area contributed by atoms with Gasteiger partial charge in [0.25, 0.3) is 0 Å². The highest BCUT2D eigenvalue weighted by atomic mass is 35.5. The van der Waals surface area contributed by atoms with Crippen molar-refractivity contribution in [3.05, 3.63) is 71.5 Å². The van der Waals surface area contributed by atoms with Crippen LogP contribution in [0.3, 0.4) is 0 Å². The highest BCUT2D eigenvalue weighted by molar-refractivity contribution is 6.31. The van der Waals surface area contributed by atoms with Gasteiger partial charge in [0.2, 0.25) is 11.8 Å². The average Bonchev–Trinajstić information content (AvgIpc) is 4.01. The topological polar surface area (TPSA) is 175 Å². The second-order valence-electron chi connectivity index (χ2n) is 15.5. The second-order valence-corrected chi connectivity index (χ2v) is 15.9. The predicted octanol–water partition coefficient (Wildman–Crippen LogP) is 7.02. The number of nitrogens with zero attached hydrogens (tertiary/aromatic N) is 4. The summed E-state index contributed by atoms with van der Waals surface area (Å²) in [6.07, 6.45) is 4.51. The summed E-state index contributed by atoms with van der Waals surface area (Å²) in [5.74, 6) is 0.928. The van der Waals surface area contributed by atoms with E-state index in [0.717, 1.165) is 60.1 Å². The highest BCUT2D eigenvalue weighted by Crippen LogP contribution is 2.43. The Morgan fingerprint density at radius 1 is 0.839 bits per heavy atom. The van der Waals surface area contributed by atoms with Crippen LogP contribution in [-0.4, -0.2) is 92.1 Å². The van der Waals surface area contributed by atoms with Crippen molar-refractivity contribution in [1.29, 1.82) is 0 Å². The van der Waals surface area contributed by atoms with Gasteiger partial charge in [-0.15, -0.1) is 0 Å². The first-order chi connectivity index (χ1) is 26.9. The summed E-state index contributed by atoms with van der Waals surface area (Å²) in [6.45, 7) is 7.80. The van der Waals surface area contributed by atoms with Crippen LogP contribution < -0.4 is 10.6 Å². The summed E-state index contributed by atoms with van der Waals surface area (Å²) in [4.78, 5) is 71.3. The van der Waals surface area contributed by atoms with E-state index in [-0.39, 0.29) is 47.8 Å². The number of hydrogen-bond acceptors (Lipinski definition) is 8. The minimum atomic E-state index is -0.710. The maximum absolute atomic E-state index is 13.7. The van der Waals surface area contributed by atoms with Crippen LogP contribution in [0.4, 0.5) is 9.59 Å². The van der Waals surface area contributed by atoms with Gasteiger partial charge in [-0.2, -0.15) is 0 Å². The monoisotopic (exact) mass is 784 g/mol. The van der Waals surface area contributed by atoms with Crippen LogP contribution in [0, 0.1) is 11.8 Å². The van der Waals surface area contributed by atoms with Gasteiger partial charge in [0.05, 0.1) is 38.2 Å². The second kappa shape index (κ2) is 16.0. The van der Waals surface area contributed by atoms with E-state index in [1.54, 1.807) is 6.20 Å². The van der Waals surface area contributed by atoms with Gasteiger partial charge in [-0.05, 0) is 67.6 Å². The van der Waals surface area contributed by atoms with Crippen molar-refractivity contribution in [2.75, 3.05) is 14.2 Å². The van der Waals surface area contributed by atoms with Crippen molar-refractivity contribution in [2.45, 2.75) is 96.1 Å². The number of halogens is 1. The molecule has 2 aromatic carbocycles. The number of likely N-dealkylation sites (tertiary alicyclic amines) is 1. The maximum atomic E-state index is 13.7. The van der Waals surface area contributed by atoms with Crippen molar-refractivity contribution in [2.24, 2.45) is 11.8 Å². The molecule has 56 heavy (non-hydrogen) atoms. The number of carbonyl (C=O) groups excluding carboxylic acids is 4. The quantitative estimate of drug-likeness (QED) is 0.140. The first-order valence-corrected chi connectivity index (χ1v) is 19.6. The Morgan fingerprint density at radius 3 is 2.11 bits per heavy atom. The van der Waals surface area contributed by atoms with E-state index in [9.17, 15) is 19.2 Å². The predicted molar refractivity (Wildman–Crippen MR) is 210 cm³/mol. The van der Waals surface area contributed by atoms with Crippen LogP contribution in [0.1, 0.15) is 83.5 Å². The molecule has 5 heterocycles. The summed E-state index contributed by atoms with van der Waals surface area (Å²) in [6, 6.07) is 14.4. The van der Waals surface area contributed by atoms with Gasteiger partial charge in [0.1, 0.15) is 34.6 Å². The molecule has 15 heteroatoms. The molecule has 7 unspecified atom stereocenters. The number of aromatic nitrogens is 4. The fraction of sp³-hybridized carbons (Fsp3) is 0.463. The Kier molecular flexibility index (Phi) is 11.1. The van der Waals surface area contributed by atoms with E-state index in [1.165, 1.54) is 14.2 Å². The number of benzene rings is 2. The van der Waals surface area contributed by atoms with Crippen LogP contribution in [0.5, 0.6) is 0 Å². The molecule has 3 aliphatic rings. The van der Waals surface area contributed by atoms with Crippen molar-refractivity contribution in [1.82, 2.24) is 40.4 Å². The van der Waals surface area contributed by atoms with Gasteiger partial charge in [-0.25, -0.2) is 19.6 Å². The number of fused-ring (bicyclic) bond motifs is 1. The molecule has 3 saturated heterocycles. The number of ether oxygens (including phenoxy) is 2. The van der Waals surface area contributed by atoms with Crippen LogP contribution in [0.15, 0.2) is 54.7 Å². The highest BCUT2D eigenvalue weighted by Gasteiger charge is 2.48. The van der Waals surface area contributed by atoms with Crippen molar-refractivity contribution in [3.63, 3.8) is 0 Å². The maximum Gasteiger partial charge on any atom is 0.407 e. The summed E-state index contributed by atoms with van der Waals surface area (Å²) in [5.41, 5.74) is 5.30. The number of aromatic amines is 2. The number of carbonyl (C=O) groups is 4. The zero-order valence-electron chi connectivity index (χ0n) is 32.5. The standard InChI is InChI=1S/C41H49ClN8O6/c1-21(2)32(46-40(53)55-5)38(51)49-23(4)7-17-30(49)36-43-20-29(44-36)26-12-8-24(9-13-26)25-10-14-27(15-11-25)34-35(42)48-37(45-34)31-18-16-28-19-22(3)33(39(52)50(28)31)47-41(54)56-6/h8-15,20-23,28,30-33H,7,16-19H2,1-6H3,(H,43,44)(H,45,48)(H,46,53)(H,47,54). The fourth-order valence-corrected chi connectivity index (χ4v) is 8.84. The summed E-state index contributed by atoms with van der Waals surface area (Å²) < 4.78 is 9.55. The van der Waals surface area contributed by atoms with E-state index in [2.05, 4.69) is 32.7 Å². The van der Waals surface area contributed by atoms with Gasteiger partial charge in [0.15, 0.2) is 0 Å². The van der Waals surface area contributed by atoms with Gasteiger partial charge in [-0.3, -0.25) is 9.59 Å². The molecule has 4 N–H and O–H groups in total. The lowest BCUT2D eigenvalue weighted by atomic mass is 9.88. The van der Waals surface area contributed by atoms with E-state index in [1.807, 2.05) is 73.9 Å². The van der Waals surface area contributed by atoms with Crippen LogP contribution in [0.25, 0.3) is 33.6 Å². The molecule has 3 fully saturated rings. The van der Waals surface area contributed by atoms with Gasteiger partial charge in [-0.1, -0.05) is 80.9 Å². The summed E-state index contributed by atoms with van der Waals surface area (Å²) >= 11 is 6.72. The summed E-state index contributed by atoms with van der Waals surface area (Å²) in [7, 11) is 2.58. The number of rotatable bonds is 9. The van der Waals surface area contributed by atoms with Crippen LogP contribution >= 0.6 is 11.6 Å². The Morgan fingerprint density at radius 2 is 1.46 bits per heavy atom. The normalized spacial score (nSPS) is 23.9. The molecular weight excluding hydrogens is 736 g/mol. The zero-order valence-corrected chi connectivity index (χ0v) is 33.2. The zero-order chi connectivity index (χ0) is 39.8. The van der Waals surface area contributed by atoms with E-state index >= 15 is 0 Å². The number of imidazole rings is 2. The number of nitrogens with one attached hydrogen (secondary N) is 4. The molecule has 7 atom stereocenters. The molecule has 14 nitrogen and oxygen atoms in total.